The number of aromatic amines is 1. The number of nitrogens with one attached hydrogen (secondary N) is 2. The Bertz CT molecular complexity index is 2940. The van der Waals surface area contributed by atoms with E-state index in [2.05, 4.69) is 10.3 Å². The summed E-state index contributed by atoms with van der Waals surface area (Å²) in [5, 5.41) is 2.64. The van der Waals surface area contributed by atoms with Crippen LogP contribution in [-0.2, 0) is 90.5 Å². The first-order valence-corrected chi connectivity index (χ1v) is 30.0. The van der Waals surface area contributed by atoms with Gasteiger partial charge in [0.25, 0.3) is 5.56 Å². The van der Waals surface area contributed by atoms with E-state index in [1.54, 1.807) is 25.8 Å². The Kier molecular flexibility index (Phi) is 26.7. The highest BCUT2D eigenvalue weighted by Crippen LogP contribution is 2.58. The van der Waals surface area contributed by atoms with Crippen molar-refractivity contribution >= 4 is 31.6 Å². The number of ether oxygens (including phenoxy) is 13. The fourth-order valence-electron chi connectivity index (χ4n) is 10.4. The maximum Gasteiger partial charge on any atom is 0.409 e. The van der Waals surface area contributed by atoms with Crippen molar-refractivity contribution in [1.82, 2.24) is 19.5 Å². The van der Waals surface area contributed by atoms with Crippen molar-refractivity contribution in [2.24, 2.45) is 0 Å². The van der Waals surface area contributed by atoms with E-state index in [9.17, 15) is 28.8 Å². The summed E-state index contributed by atoms with van der Waals surface area (Å²) >= 11 is 0. The van der Waals surface area contributed by atoms with Crippen LogP contribution in [0.25, 0.3) is 0 Å². The molecule has 3 unspecified atom stereocenters. The maximum atomic E-state index is 15.8. The van der Waals surface area contributed by atoms with E-state index in [1.165, 1.54) is 31.7 Å². The van der Waals surface area contributed by atoms with Crippen molar-refractivity contribution in [3.63, 3.8) is 0 Å². The van der Waals surface area contributed by atoms with Gasteiger partial charge in [-0.2, -0.15) is 0 Å². The van der Waals surface area contributed by atoms with Crippen LogP contribution < -0.4 is 26.0 Å². The average molecular weight is 1240 g/mol. The molecule has 26 nitrogen and oxygen atoms in total. The summed E-state index contributed by atoms with van der Waals surface area (Å²) in [5.41, 5.74) is -0.264. The van der Waals surface area contributed by atoms with Gasteiger partial charge in [-0.05, 0) is 75.6 Å². The Labute approximate surface area is 506 Å². The van der Waals surface area contributed by atoms with Crippen LogP contribution in [0.2, 0.25) is 0 Å². The monoisotopic (exact) mass is 1240 g/mol. The van der Waals surface area contributed by atoms with E-state index in [-0.39, 0.29) is 83.7 Å². The second kappa shape index (κ2) is 33.3. The number of nitrogens with zero attached hydrogens (tertiary/aromatic N) is 2. The molecule has 4 aromatic rings. The lowest BCUT2D eigenvalue weighted by Gasteiger charge is -2.44. The molecule has 2 aliphatic rings. The van der Waals surface area contributed by atoms with E-state index in [1.807, 2.05) is 107 Å². The van der Waals surface area contributed by atoms with Gasteiger partial charge in [0.2, 0.25) is 5.91 Å². The summed E-state index contributed by atoms with van der Waals surface area (Å²) < 4.78 is 108. The predicted octanol–water partition coefficient (Wildman–Crippen LogP) is 5.13. The van der Waals surface area contributed by atoms with Gasteiger partial charge in [0, 0.05) is 58.6 Å². The Morgan fingerprint density at radius 1 is 0.655 bits per heavy atom. The minimum Gasteiger partial charge on any atom is -0.497 e. The second-order valence-corrected chi connectivity index (χ2v) is 22.8. The Morgan fingerprint density at radius 2 is 1.17 bits per heavy atom. The van der Waals surface area contributed by atoms with Crippen molar-refractivity contribution < 1.29 is 94.4 Å². The third-order valence-corrected chi connectivity index (χ3v) is 16.5. The lowest BCUT2D eigenvalue weighted by Crippen LogP contribution is -2.66. The maximum absolute atomic E-state index is 15.8. The molecular weight excluding hydrogens is 1160 g/mol. The molecule has 2 aliphatic heterocycles. The lowest BCUT2D eigenvalue weighted by molar-refractivity contribution is -0.279. The third kappa shape index (κ3) is 18.6. The number of esters is 3. The standard InChI is InChI=1S/C60H83N4O22P/c1-37(2)64(38(3)4)87(71,81-33-31-77-29-27-75-26-28-76-30-32-78-58-51(61-40(6)65)54(83-43(9)68)52(82-42(8)67)49(85-58)35-79-41(7)66)86-53-50(84-57(55(53)74-12)63-34-39(5)56(69)62-59(63)70)36-80-60(44-16-14-13-15-17-44,45-18-22-47(72-10)23-19-45)46-20-24-48(73-11)25-21-46/h13-25,34,37-38,49-55,57-58H,26-33,35-36H2,1-12H3,(H,61,65)(H,62,69,70)/t49-,50+,51+,52+,53?,54-,55?,57+,58-,87?/m1/s1. The fraction of sp³-hybridized carbons (Fsp3) is 0.567. The van der Waals surface area contributed by atoms with Gasteiger partial charge in [-0.15, -0.1) is 0 Å². The van der Waals surface area contributed by atoms with Gasteiger partial charge in [-0.25, -0.2) is 14.0 Å². The topological polar surface area (TPSA) is 294 Å². The van der Waals surface area contributed by atoms with E-state index in [4.69, 9.17) is 70.6 Å². The number of aryl methyl sites for hydroxylation is 1. The van der Waals surface area contributed by atoms with Crippen molar-refractivity contribution in [3.05, 3.63) is 128 Å². The van der Waals surface area contributed by atoms with Gasteiger partial charge in [0.1, 0.15) is 54.2 Å². The van der Waals surface area contributed by atoms with Crippen molar-refractivity contribution in [3.8, 4) is 11.5 Å². The lowest BCUT2D eigenvalue weighted by atomic mass is 9.80. The van der Waals surface area contributed by atoms with E-state index < -0.39 is 104 Å². The molecule has 2 fully saturated rings. The number of methoxy groups -OCH3 is 3. The third-order valence-electron chi connectivity index (χ3n) is 14.0. The van der Waals surface area contributed by atoms with Gasteiger partial charge < -0.3 is 66.9 Å². The van der Waals surface area contributed by atoms with Crippen LogP contribution in [0.5, 0.6) is 11.5 Å². The molecule has 2 N–H and O–H groups in total. The molecule has 0 aliphatic carbocycles. The summed E-state index contributed by atoms with van der Waals surface area (Å²) in [6.07, 6.45) is -8.26. The Morgan fingerprint density at radius 3 is 1.68 bits per heavy atom. The molecule has 6 rings (SSSR count). The molecule has 1 amide bonds. The van der Waals surface area contributed by atoms with Gasteiger partial charge in [-0.3, -0.25) is 42.6 Å². The van der Waals surface area contributed by atoms with Gasteiger partial charge >= 0.3 is 31.3 Å². The highest BCUT2D eigenvalue weighted by Gasteiger charge is 2.54. The van der Waals surface area contributed by atoms with Crippen molar-refractivity contribution in [2.75, 3.05) is 87.4 Å². The number of H-pyrrole nitrogens is 1. The van der Waals surface area contributed by atoms with Gasteiger partial charge in [-0.1, -0.05) is 54.6 Å². The molecule has 480 valence electrons. The smallest absolute Gasteiger partial charge is 0.409 e. The molecule has 0 saturated carbocycles. The fourth-order valence-corrected chi connectivity index (χ4v) is 12.7. The number of benzene rings is 3. The zero-order chi connectivity index (χ0) is 63.4. The summed E-state index contributed by atoms with van der Waals surface area (Å²) in [4.78, 5) is 76.9. The van der Waals surface area contributed by atoms with Crippen LogP contribution in [-0.4, -0.2) is 186 Å². The molecule has 0 spiro atoms. The van der Waals surface area contributed by atoms with E-state index in [0.29, 0.717) is 11.5 Å². The minimum atomic E-state index is -4.38. The van der Waals surface area contributed by atoms with Crippen molar-refractivity contribution in [1.29, 1.82) is 0 Å². The molecule has 3 aromatic carbocycles. The van der Waals surface area contributed by atoms with Gasteiger partial charge in [0.15, 0.2) is 24.7 Å². The predicted molar refractivity (Wildman–Crippen MR) is 312 cm³/mol. The molecule has 10 atom stereocenters. The summed E-state index contributed by atoms with van der Waals surface area (Å²) in [6.45, 7) is 13.4. The molecule has 27 heteroatoms. The van der Waals surface area contributed by atoms with E-state index in [0.717, 1.165) is 30.5 Å². The number of hydrogen-bond donors (Lipinski definition) is 2. The first-order valence-electron chi connectivity index (χ1n) is 28.5. The number of carbonyl (C=O) groups is 4. The first-order chi connectivity index (χ1) is 41.6. The summed E-state index contributed by atoms with van der Waals surface area (Å²) in [6, 6.07) is 22.6. The zero-order valence-electron chi connectivity index (χ0n) is 51.3. The molecule has 0 bridgehead atoms. The largest absolute Gasteiger partial charge is 0.497 e. The van der Waals surface area contributed by atoms with Gasteiger partial charge in [0.05, 0.1) is 73.7 Å². The van der Waals surface area contributed by atoms with Crippen molar-refractivity contribution in [2.45, 2.75) is 135 Å². The minimum absolute atomic E-state index is 0.0294. The van der Waals surface area contributed by atoms with Crippen LogP contribution in [0, 0.1) is 6.92 Å². The summed E-state index contributed by atoms with van der Waals surface area (Å²) in [5.74, 6) is -1.38. The zero-order valence-corrected chi connectivity index (χ0v) is 52.2. The molecule has 1 aromatic heterocycles. The van der Waals surface area contributed by atoms with E-state index >= 15 is 4.57 Å². The highest BCUT2D eigenvalue weighted by molar-refractivity contribution is 7.51. The molecule has 87 heavy (non-hydrogen) atoms. The van der Waals surface area contributed by atoms with Crippen LogP contribution >= 0.6 is 7.75 Å². The molecule has 2 saturated heterocycles. The molecular formula is C60H83N4O22P. The summed E-state index contributed by atoms with van der Waals surface area (Å²) in [7, 11) is 0.192. The Balaban J connectivity index is 1.13. The normalized spacial score (nSPS) is 22.0. The second-order valence-electron chi connectivity index (χ2n) is 20.9. The number of aromatic nitrogens is 2. The average Bonchev–Trinajstić information content (AvgIpc) is 1.76. The SMILES string of the molecule is COc1ccc(C(OC[C@@H]2O[C@H](n3cc(C)c(=O)[nH]c3=O)C(OC)C2OP(=O)(OCCOCCOCCOCCO[C@@H]2O[C@H](COC(C)=O)[C@H](OC(C)=O)[C@H](OC(C)=O)[C@@H]2NC(C)=O)N(C(C)C)C(C)C)(c2ccccc2)c2ccc(OC)cc2)cc1. The number of hydrogen-bond acceptors (Lipinski definition) is 22. The number of rotatable bonds is 34. The Hall–Kier alpha value is -6.39. The number of carbonyl (C=O) groups excluding carboxylic acids is 4. The van der Waals surface area contributed by atoms with Crippen LogP contribution in [0.15, 0.2) is 94.6 Å². The highest BCUT2D eigenvalue weighted by atomic mass is 31.2. The van der Waals surface area contributed by atoms with Crippen LogP contribution in [0.4, 0.5) is 0 Å². The quantitative estimate of drug-likeness (QED) is 0.0201. The van der Waals surface area contributed by atoms with Crippen LogP contribution in [0.1, 0.15) is 83.9 Å². The van der Waals surface area contributed by atoms with Crippen LogP contribution in [0.3, 0.4) is 0 Å². The molecule has 3 heterocycles. The first kappa shape index (κ1) is 69.7. The molecule has 0 radical (unpaired) electrons. The number of amides is 1.